The number of nitrogens with one attached hydrogen (secondary N) is 1. The van der Waals surface area contributed by atoms with Crippen LogP contribution >= 0.6 is 0 Å². The van der Waals surface area contributed by atoms with Crippen LogP contribution in [-0.4, -0.2) is 42.2 Å². The van der Waals surface area contributed by atoms with Crippen molar-refractivity contribution in [3.63, 3.8) is 0 Å². The highest BCUT2D eigenvalue weighted by atomic mass is 19.4. The Morgan fingerprint density at radius 2 is 2.06 bits per heavy atom. The van der Waals surface area contributed by atoms with Gasteiger partial charge in [-0.05, 0) is 45.1 Å². The maximum Gasteiger partial charge on any atom is 0.406 e. The van der Waals surface area contributed by atoms with Crippen LogP contribution in [-0.2, 0) is 4.79 Å². The summed E-state index contributed by atoms with van der Waals surface area (Å²) in [6.07, 6.45) is -0.960. The van der Waals surface area contributed by atoms with Crippen molar-refractivity contribution in [2.24, 2.45) is 5.92 Å². The zero-order chi connectivity index (χ0) is 13.3. The van der Waals surface area contributed by atoms with Crippen molar-refractivity contribution in [3.8, 4) is 0 Å². The molecule has 0 radical (unpaired) electrons. The van der Waals surface area contributed by atoms with Crippen molar-refractivity contribution in [3.05, 3.63) is 0 Å². The summed E-state index contributed by atoms with van der Waals surface area (Å²) in [4.78, 5) is 13.2. The molecule has 0 aromatic rings. The summed E-state index contributed by atoms with van der Waals surface area (Å²) in [7, 11) is 0. The lowest BCUT2D eigenvalue weighted by molar-refractivity contribution is -0.167. The lowest BCUT2D eigenvalue weighted by Crippen LogP contribution is -2.51. The molecule has 6 heteroatoms. The second-order valence-corrected chi connectivity index (χ2v) is 5.31. The number of halogens is 3. The summed E-state index contributed by atoms with van der Waals surface area (Å²) < 4.78 is 37.7. The van der Waals surface area contributed by atoms with Crippen molar-refractivity contribution in [1.29, 1.82) is 0 Å². The Balaban J connectivity index is 2.04. The van der Waals surface area contributed by atoms with E-state index in [2.05, 4.69) is 5.32 Å². The Bertz CT molecular complexity index is 309. The van der Waals surface area contributed by atoms with E-state index in [-0.39, 0.29) is 17.9 Å². The van der Waals surface area contributed by atoms with Crippen LogP contribution < -0.4 is 5.32 Å². The Morgan fingerprint density at radius 1 is 1.39 bits per heavy atom. The first-order chi connectivity index (χ1) is 8.38. The van der Waals surface area contributed by atoms with Crippen molar-refractivity contribution < 1.29 is 18.0 Å². The van der Waals surface area contributed by atoms with Crippen molar-refractivity contribution >= 4 is 5.91 Å². The normalized spacial score (nSPS) is 26.1. The van der Waals surface area contributed by atoms with E-state index in [0.717, 1.165) is 24.2 Å². The zero-order valence-corrected chi connectivity index (χ0v) is 10.5. The van der Waals surface area contributed by atoms with Gasteiger partial charge in [0.25, 0.3) is 0 Å². The zero-order valence-electron chi connectivity index (χ0n) is 10.5. The molecule has 1 saturated heterocycles. The van der Waals surface area contributed by atoms with Crippen LogP contribution in [0.5, 0.6) is 0 Å². The maximum atomic E-state index is 12.6. The second kappa shape index (κ2) is 5.07. The molecular formula is C12H19F3N2O. The molecule has 2 rings (SSSR count). The molecule has 0 bridgehead atoms. The molecule has 104 valence electrons. The van der Waals surface area contributed by atoms with Gasteiger partial charge in [0, 0.05) is 6.04 Å². The molecule has 0 aromatic carbocycles. The molecule has 3 nitrogen and oxygen atoms in total. The first-order valence-corrected chi connectivity index (χ1v) is 6.49. The summed E-state index contributed by atoms with van der Waals surface area (Å²) in [6.45, 7) is 1.33. The highest BCUT2D eigenvalue weighted by Crippen LogP contribution is 2.36. The van der Waals surface area contributed by atoms with Gasteiger partial charge in [0.1, 0.15) is 6.54 Å². The van der Waals surface area contributed by atoms with Gasteiger partial charge in [-0.15, -0.1) is 0 Å². The number of hydrogen-bond acceptors (Lipinski definition) is 2. The Morgan fingerprint density at radius 3 is 2.50 bits per heavy atom. The van der Waals surface area contributed by atoms with E-state index >= 15 is 0 Å². The van der Waals surface area contributed by atoms with Gasteiger partial charge < -0.3 is 10.2 Å². The SMILES string of the molecule is CC(C1CC1)N(CC(F)(F)F)C(=O)[C@@H]1CCCN1. The number of rotatable bonds is 4. The van der Waals surface area contributed by atoms with Crippen molar-refractivity contribution in [2.75, 3.05) is 13.1 Å². The minimum atomic E-state index is -4.32. The molecule has 1 unspecified atom stereocenters. The summed E-state index contributed by atoms with van der Waals surface area (Å²) in [5.74, 6) is -0.137. The molecule has 2 fully saturated rings. The van der Waals surface area contributed by atoms with E-state index in [1.807, 2.05) is 0 Å². The molecule has 1 aliphatic heterocycles. The minimum Gasteiger partial charge on any atom is -0.329 e. The predicted octanol–water partition coefficient (Wildman–Crippen LogP) is 1.93. The molecule has 1 aliphatic carbocycles. The Hall–Kier alpha value is -0.780. The van der Waals surface area contributed by atoms with Crippen LogP contribution in [0, 0.1) is 5.92 Å². The van der Waals surface area contributed by atoms with Gasteiger partial charge in [-0.1, -0.05) is 0 Å². The molecule has 0 spiro atoms. The number of amides is 1. The molecule has 18 heavy (non-hydrogen) atoms. The number of nitrogens with zero attached hydrogens (tertiary/aromatic N) is 1. The topological polar surface area (TPSA) is 32.3 Å². The summed E-state index contributed by atoms with van der Waals surface area (Å²) >= 11 is 0. The molecule has 0 aromatic heterocycles. The second-order valence-electron chi connectivity index (χ2n) is 5.31. The van der Waals surface area contributed by atoms with E-state index in [9.17, 15) is 18.0 Å². The third-order valence-electron chi connectivity index (χ3n) is 3.79. The Kier molecular flexibility index (Phi) is 3.84. The third kappa shape index (κ3) is 3.37. The molecule has 1 saturated carbocycles. The van der Waals surface area contributed by atoms with E-state index in [4.69, 9.17) is 0 Å². The van der Waals surface area contributed by atoms with E-state index in [1.165, 1.54) is 0 Å². The monoisotopic (exact) mass is 264 g/mol. The number of carbonyl (C=O) groups is 1. The van der Waals surface area contributed by atoms with Crippen LogP contribution in [0.15, 0.2) is 0 Å². The molecular weight excluding hydrogens is 245 g/mol. The fourth-order valence-electron chi connectivity index (χ4n) is 2.54. The fourth-order valence-corrected chi connectivity index (χ4v) is 2.54. The van der Waals surface area contributed by atoms with Crippen molar-refractivity contribution in [1.82, 2.24) is 10.2 Å². The lowest BCUT2D eigenvalue weighted by atomic mass is 10.1. The van der Waals surface area contributed by atoms with Crippen LogP contribution in [0.4, 0.5) is 13.2 Å². The van der Waals surface area contributed by atoms with E-state index in [1.54, 1.807) is 6.92 Å². The Labute approximate surface area is 105 Å². The summed E-state index contributed by atoms with van der Waals surface area (Å²) in [6, 6.07) is -0.727. The van der Waals surface area contributed by atoms with Crippen LogP contribution in [0.2, 0.25) is 0 Å². The van der Waals surface area contributed by atoms with Gasteiger partial charge in [-0.25, -0.2) is 0 Å². The fraction of sp³-hybridized carbons (Fsp3) is 0.917. The number of alkyl halides is 3. The standard InChI is InChI=1S/C12H19F3N2O/c1-8(9-4-5-9)17(7-12(13,14)15)11(18)10-3-2-6-16-10/h8-10,16H,2-7H2,1H3/t8?,10-/m0/s1. The molecule has 2 atom stereocenters. The third-order valence-corrected chi connectivity index (χ3v) is 3.79. The van der Waals surface area contributed by atoms with Crippen molar-refractivity contribution in [2.45, 2.75) is 50.9 Å². The highest BCUT2D eigenvalue weighted by molar-refractivity contribution is 5.82. The van der Waals surface area contributed by atoms with Gasteiger partial charge in [-0.2, -0.15) is 13.2 Å². The molecule has 1 N–H and O–H groups in total. The van der Waals surface area contributed by atoms with Gasteiger partial charge in [0.15, 0.2) is 0 Å². The molecule has 1 heterocycles. The number of carbonyl (C=O) groups excluding carboxylic acids is 1. The largest absolute Gasteiger partial charge is 0.406 e. The first kappa shape index (κ1) is 13.6. The van der Waals surface area contributed by atoms with Gasteiger partial charge in [0.05, 0.1) is 6.04 Å². The van der Waals surface area contributed by atoms with Crippen LogP contribution in [0.25, 0.3) is 0 Å². The smallest absolute Gasteiger partial charge is 0.329 e. The van der Waals surface area contributed by atoms with Gasteiger partial charge in [0.2, 0.25) is 5.91 Å². The summed E-state index contributed by atoms with van der Waals surface area (Å²) in [5.41, 5.74) is 0. The van der Waals surface area contributed by atoms with Gasteiger partial charge in [-0.3, -0.25) is 4.79 Å². The maximum absolute atomic E-state index is 12.6. The van der Waals surface area contributed by atoms with Gasteiger partial charge >= 0.3 is 6.18 Å². The average molecular weight is 264 g/mol. The minimum absolute atomic E-state index is 0.248. The average Bonchev–Trinajstić information content (AvgIpc) is 2.98. The molecule has 2 aliphatic rings. The summed E-state index contributed by atoms with van der Waals surface area (Å²) in [5, 5.41) is 2.98. The van der Waals surface area contributed by atoms with E-state index < -0.39 is 18.8 Å². The first-order valence-electron chi connectivity index (χ1n) is 6.49. The highest BCUT2D eigenvalue weighted by Gasteiger charge is 2.42. The molecule has 1 amide bonds. The number of hydrogen-bond donors (Lipinski definition) is 1. The van der Waals surface area contributed by atoms with Crippen LogP contribution in [0.3, 0.4) is 0 Å². The quantitative estimate of drug-likeness (QED) is 0.841. The lowest BCUT2D eigenvalue weighted by Gasteiger charge is -2.32. The van der Waals surface area contributed by atoms with Crippen LogP contribution in [0.1, 0.15) is 32.6 Å². The van der Waals surface area contributed by atoms with E-state index in [0.29, 0.717) is 13.0 Å². The predicted molar refractivity (Wildman–Crippen MR) is 61.0 cm³/mol.